The van der Waals surface area contributed by atoms with Gasteiger partial charge in [0, 0.05) is 12.1 Å². The number of halogens is 3. The normalized spacial score (nSPS) is 9.82. The lowest BCUT2D eigenvalue weighted by atomic mass is 10.3. The fourth-order valence-electron chi connectivity index (χ4n) is 0.616. The number of hydrogen-bond donors (Lipinski definition) is 0. The van der Waals surface area contributed by atoms with Crippen molar-refractivity contribution >= 4 is 34.8 Å². The minimum absolute atomic E-state index is 0.328. The molecule has 59 valence electrons. The number of hydrogen-bond acceptors (Lipinski definition) is 1. The highest BCUT2D eigenvalue weighted by molar-refractivity contribution is 6.48. The Hall–Kier alpha value is -0.110. The molecule has 0 aliphatic heterocycles. The van der Waals surface area contributed by atoms with Crippen LogP contribution in [0.15, 0.2) is 12.1 Å². The molecule has 4 heteroatoms. The molecule has 0 saturated heterocycles. The Morgan fingerprint density at radius 1 is 1.09 bits per heavy atom. The van der Waals surface area contributed by atoms with Crippen molar-refractivity contribution < 1.29 is 4.74 Å². The van der Waals surface area contributed by atoms with Crippen LogP contribution in [0.25, 0.3) is 0 Å². The molecule has 1 nitrogen and oxygen atoms in total. The summed E-state index contributed by atoms with van der Waals surface area (Å²) in [5.41, 5.74) is 0. The average molecular weight is 210 g/mol. The smallest absolute Gasteiger partial charge is 0.122 e. The molecular formula is C7H4Cl3O. The van der Waals surface area contributed by atoms with Crippen molar-refractivity contribution in [1.29, 1.82) is 0 Å². The van der Waals surface area contributed by atoms with Crippen molar-refractivity contribution in [1.82, 2.24) is 0 Å². The molecule has 11 heavy (non-hydrogen) atoms. The molecule has 0 fully saturated rings. The van der Waals surface area contributed by atoms with Crippen molar-refractivity contribution in [3.05, 3.63) is 34.3 Å². The minimum atomic E-state index is 0.328. The SMILES string of the molecule is [CH2]Oc1cc(Cl)c(Cl)c(Cl)c1. The molecule has 0 aromatic heterocycles. The van der Waals surface area contributed by atoms with Gasteiger partial charge in [0.2, 0.25) is 0 Å². The molecular weight excluding hydrogens is 206 g/mol. The highest BCUT2D eigenvalue weighted by atomic mass is 35.5. The summed E-state index contributed by atoms with van der Waals surface area (Å²) in [6.45, 7) is 0. The Morgan fingerprint density at radius 3 is 1.91 bits per heavy atom. The van der Waals surface area contributed by atoms with Crippen molar-refractivity contribution in [3.8, 4) is 5.75 Å². The van der Waals surface area contributed by atoms with Crippen LogP contribution in [-0.2, 0) is 0 Å². The summed E-state index contributed by atoms with van der Waals surface area (Å²) in [6.07, 6.45) is 0. The third-order valence-electron chi connectivity index (χ3n) is 1.12. The Bertz CT molecular complexity index is 249. The van der Waals surface area contributed by atoms with Crippen LogP contribution in [-0.4, -0.2) is 0 Å². The number of rotatable bonds is 1. The molecule has 0 aliphatic carbocycles. The lowest BCUT2D eigenvalue weighted by Crippen LogP contribution is -1.80. The van der Waals surface area contributed by atoms with E-state index in [1.165, 1.54) is 0 Å². The second kappa shape index (κ2) is 3.53. The van der Waals surface area contributed by atoms with Gasteiger partial charge in [0.1, 0.15) is 12.9 Å². The topological polar surface area (TPSA) is 9.23 Å². The quantitative estimate of drug-likeness (QED) is 0.640. The summed E-state index contributed by atoms with van der Waals surface area (Å²) in [6, 6.07) is 3.09. The summed E-state index contributed by atoms with van der Waals surface area (Å²) in [7, 11) is 3.21. The van der Waals surface area contributed by atoms with E-state index in [0.717, 1.165) is 0 Å². The van der Waals surface area contributed by atoms with Crippen LogP contribution in [0.1, 0.15) is 0 Å². The van der Waals surface area contributed by atoms with Gasteiger partial charge in [-0.15, -0.1) is 0 Å². The molecule has 0 N–H and O–H groups in total. The molecule has 0 amide bonds. The first-order valence-electron chi connectivity index (χ1n) is 2.71. The molecule has 0 aliphatic rings. The fourth-order valence-corrected chi connectivity index (χ4v) is 1.19. The molecule has 0 atom stereocenters. The maximum absolute atomic E-state index is 5.67. The highest BCUT2D eigenvalue weighted by Gasteiger charge is 2.04. The predicted octanol–water partition coefficient (Wildman–Crippen LogP) is 3.82. The van der Waals surface area contributed by atoms with Crippen LogP contribution in [0, 0.1) is 7.11 Å². The first kappa shape index (κ1) is 8.98. The third-order valence-corrected chi connectivity index (χ3v) is 2.32. The van der Waals surface area contributed by atoms with Crippen molar-refractivity contribution in [3.63, 3.8) is 0 Å². The first-order valence-corrected chi connectivity index (χ1v) is 3.85. The number of ether oxygens (including phenoxy) is 1. The summed E-state index contributed by atoms with van der Waals surface area (Å²) in [5, 5.41) is 1.05. The fraction of sp³-hybridized carbons (Fsp3) is 0. The van der Waals surface area contributed by atoms with E-state index in [-0.39, 0.29) is 0 Å². The summed E-state index contributed by atoms with van der Waals surface area (Å²) in [4.78, 5) is 0. The third kappa shape index (κ3) is 1.92. The van der Waals surface area contributed by atoms with E-state index in [2.05, 4.69) is 11.8 Å². The van der Waals surface area contributed by atoms with Crippen molar-refractivity contribution in [2.24, 2.45) is 0 Å². The highest BCUT2D eigenvalue weighted by Crippen LogP contribution is 2.33. The van der Waals surface area contributed by atoms with Crippen LogP contribution >= 0.6 is 34.8 Å². The standard InChI is InChI=1S/C7H4Cl3O/c1-11-4-2-5(8)7(10)6(9)3-4/h2-3H,1H2. The van der Waals surface area contributed by atoms with Gasteiger partial charge in [-0.25, -0.2) is 0 Å². The Balaban J connectivity index is 3.21. The zero-order valence-electron chi connectivity index (χ0n) is 5.40. The van der Waals surface area contributed by atoms with Gasteiger partial charge in [0.25, 0.3) is 0 Å². The van der Waals surface area contributed by atoms with Crippen molar-refractivity contribution in [2.75, 3.05) is 0 Å². The van der Waals surface area contributed by atoms with E-state index in [0.29, 0.717) is 20.8 Å². The van der Waals surface area contributed by atoms with Gasteiger partial charge in [-0.05, 0) is 0 Å². The number of benzene rings is 1. The second-order valence-corrected chi connectivity index (χ2v) is 3.04. The molecule has 0 heterocycles. The summed E-state index contributed by atoms with van der Waals surface area (Å²) in [5.74, 6) is 0.490. The van der Waals surface area contributed by atoms with Gasteiger partial charge in [-0.3, -0.25) is 0 Å². The molecule has 0 saturated carbocycles. The maximum atomic E-state index is 5.67. The van der Waals surface area contributed by atoms with E-state index in [4.69, 9.17) is 34.8 Å². The zero-order valence-corrected chi connectivity index (χ0v) is 7.67. The van der Waals surface area contributed by atoms with E-state index < -0.39 is 0 Å². The Morgan fingerprint density at radius 2 is 1.55 bits per heavy atom. The van der Waals surface area contributed by atoms with Crippen LogP contribution in [0.3, 0.4) is 0 Å². The monoisotopic (exact) mass is 209 g/mol. The molecule has 1 radical (unpaired) electrons. The van der Waals surface area contributed by atoms with Gasteiger partial charge in [-0.1, -0.05) is 34.8 Å². The predicted molar refractivity (Wildman–Crippen MR) is 47.5 cm³/mol. The minimum Gasteiger partial charge on any atom is -0.490 e. The lowest BCUT2D eigenvalue weighted by molar-refractivity contribution is 0.473. The van der Waals surface area contributed by atoms with E-state index in [9.17, 15) is 0 Å². The van der Waals surface area contributed by atoms with Crippen molar-refractivity contribution in [2.45, 2.75) is 0 Å². The summed E-state index contributed by atoms with van der Waals surface area (Å²) < 4.78 is 4.65. The van der Waals surface area contributed by atoms with E-state index in [1.54, 1.807) is 12.1 Å². The van der Waals surface area contributed by atoms with Crippen LogP contribution in [0.2, 0.25) is 15.1 Å². The Kier molecular flexibility index (Phi) is 2.88. The summed E-state index contributed by atoms with van der Waals surface area (Å²) >= 11 is 17.0. The van der Waals surface area contributed by atoms with Gasteiger partial charge in [0.15, 0.2) is 0 Å². The zero-order chi connectivity index (χ0) is 8.43. The van der Waals surface area contributed by atoms with Crippen LogP contribution in [0.4, 0.5) is 0 Å². The second-order valence-electron chi connectivity index (χ2n) is 1.85. The molecule has 0 bridgehead atoms. The average Bonchev–Trinajstić information content (AvgIpc) is 1.99. The van der Waals surface area contributed by atoms with Gasteiger partial charge in [-0.2, -0.15) is 0 Å². The Labute approximate surface area is 79.8 Å². The van der Waals surface area contributed by atoms with Gasteiger partial charge < -0.3 is 4.74 Å². The van der Waals surface area contributed by atoms with E-state index >= 15 is 0 Å². The largest absolute Gasteiger partial charge is 0.490 e. The molecule has 0 spiro atoms. The lowest BCUT2D eigenvalue weighted by Gasteiger charge is -2.02. The molecule has 0 unspecified atom stereocenters. The first-order chi connectivity index (χ1) is 5.15. The maximum Gasteiger partial charge on any atom is 0.122 e. The van der Waals surface area contributed by atoms with Crippen LogP contribution < -0.4 is 4.74 Å². The molecule has 1 rings (SSSR count). The molecule has 1 aromatic carbocycles. The van der Waals surface area contributed by atoms with E-state index in [1.807, 2.05) is 0 Å². The molecule has 1 aromatic rings. The van der Waals surface area contributed by atoms with Gasteiger partial charge >= 0.3 is 0 Å². The van der Waals surface area contributed by atoms with Gasteiger partial charge in [0.05, 0.1) is 15.1 Å². The van der Waals surface area contributed by atoms with Crippen LogP contribution in [0.5, 0.6) is 5.75 Å².